The summed E-state index contributed by atoms with van der Waals surface area (Å²) in [5.41, 5.74) is 0.878. The quantitative estimate of drug-likeness (QED) is 0.895. The van der Waals surface area contributed by atoms with Crippen LogP contribution < -0.4 is 14.8 Å². The van der Waals surface area contributed by atoms with Crippen LogP contribution >= 0.6 is 0 Å². The van der Waals surface area contributed by atoms with E-state index in [1.54, 1.807) is 0 Å². The first-order chi connectivity index (χ1) is 10.1. The average molecular weight is 291 g/mol. The maximum Gasteiger partial charge on any atom is 0.231 e. The van der Waals surface area contributed by atoms with E-state index in [1.165, 1.54) is 19.3 Å². The highest BCUT2D eigenvalue weighted by molar-refractivity contribution is 5.45. The van der Waals surface area contributed by atoms with Gasteiger partial charge in [0.2, 0.25) is 6.79 Å². The second kappa shape index (κ2) is 6.24. The molecule has 21 heavy (non-hydrogen) atoms. The molecule has 1 aromatic carbocycles. The standard InChI is InChI=1S/C17H25NO3/c1-11-5-12(2)7-14(6-11)18-9-15(19)13-3-4-16-17(8-13)21-10-20-16/h3-4,8,11-12,14-15,18-19H,5-7,9-10H2,1-2H3. The molecule has 0 radical (unpaired) electrons. The molecule has 1 fully saturated rings. The molecule has 1 aliphatic heterocycles. The summed E-state index contributed by atoms with van der Waals surface area (Å²) in [6.07, 6.45) is 3.23. The fraction of sp³-hybridized carbons (Fsp3) is 0.647. The van der Waals surface area contributed by atoms with E-state index in [4.69, 9.17) is 9.47 Å². The minimum atomic E-state index is -0.507. The van der Waals surface area contributed by atoms with Gasteiger partial charge in [0.15, 0.2) is 11.5 Å². The van der Waals surface area contributed by atoms with E-state index in [-0.39, 0.29) is 6.79 Å². The van der Waals surface area contributed by atoms with Crippen LogP contribution in [0.3, 0.4) is 0 Å². The largest absolute Gasteiger partial charge is 0.454 e. The highest BCUT2D eigenvalue weighted by Crippen LogP contribution is 2.34. The SMILES string of the molecule is CC1CC(C)CC(NCC(O)c2ccc3c(c2)OCO3)C1. The Bertz CT molecular complexity index is 481. The second-order valence-corrected chi connectivity index (χ2v) is 6.65. The van der Waals surface area contributed by atoms with Crippen molar-refractivity contribution in [2.75, 3.05) is 13.3 Å². The van der Waals surface area contributed by atoms with Gasteiger partial charge in [0, 0.05) is 12.6 Å². The van der Waals surface area contributed by atoms with E-state index in [0.29, 0.717) is 12.6 Å². The molecule has 116 valence electrons. The van der Waals surface area contributed by atoms with Crippen molar-refractivity contribution >= 4 is 0 Å². The highest BCUT2D eigenvalue weighted by atomic mass is 16.7. The van der Waals surface area contributed by atoms with Crippen molar-refractivity contribution in [3.8, 4) is 11.5 Å². The molecule has 0 aromatic heterocycles. The second-order valence-electron chi connectivity index (χ2n) is 6.65. The number of fused-ring (bicyclic) bond motifs is 1. The van der Waals surface area contributed by atoms with Crippen molar-refractivity contribution in [3.63, 3.8) is 0 Å². The predicted octanol–water partition coefficient (Wildman–Crippen LogP) is 2.86. The van der Waals surface area contributed by atoms with Gasteiger partial charge < -0.3 is 19.9 Å². The third kappa shape index (κ3) is 3.50. The molecule has 0 spiro atoms. The van der Waals surface area contributed by atoms with Crippen molar-refractivity contribution in [1.29, 1.82) is 0 Å². The van der Waals surface area contributed by atoms with Gasteiger partial charge in [0.05, 0.1) is 6.10 Å². The van der Waals surface area contributed by atoms with Crippen molar-refractivity contribution in [2.45, 2.75) is 45.3 Å². The summed E-state index contributed by atoms with van der Waals surface area (Å²) < 4.78 is 10.7. The van der Waals surface area contributed by atoms with Crippen LogP contribution in [0.4, 0.5) is 0 Å². The minimum absolute atomic E-state index is 0.269. The van der Waals surface area contributed by atoms with Crippen LogP contribution in [-0.4, -0.2) is 24.5 Å². The molecule has 3 rings (SSSR count). The Morgan fingerprint density at radius 3 is 2.62 bits per heavy atom. The van der Waals surface area contributed by atoms with E-state index in [9.17, 15) is 5.11 Å². The summed E-state index contributed by atoms with van der Waals surface area (Å²) in [6.45, 7) is 5.49. The van der Waals surface area contributed by atoms with Crippen LogP contribution in [0, 0.1) is 11.8 Å². The van der Waals surface area contributed by atoms with Gasteiger partial charge in [-0.15, -0.1) is 0 Å². The Hall–Kier alpha value is -1.26. The monoisotopic (exact) mass is 291 g/mol. The fourth-order valence-corrected chi connectivity index (χ4v) is 3.63. The van der Waals surface area contributed by atoms with E-state index in [0.717, 1.165) is 28.9 Å². The van der Waals surface area contributed by atoms with Gasteiger partial charge in [-0.2, -0.15) is 0 Å². The smallest absolute Gasteiger partial charge is 0.231 e. The van der Waals surface area contributed by atoms with Crippen molar-refractivity contribution in [2.24, 2.45) is 11.8 Å². The van der Waals surface area contributed by atoms with Crippen LogP contribution in [-0.2, 0) is 0 Å². The Kier molecular flexibility index (Phi) is 4.36. The Labute approximate surface area is 126 Å². The van der Waals surface area contributed by atoms with Crippen LogP contribution in [0.25, 0.3) is 0 Å². The first-order valence-electron chi connectivity index (χ1n) is 7.93. The lowest BCUT2D eigenvalue weighted by Crippen LogP contribution is -2.38. The van der Waals surface area contributed by atoms with Crippen LogP contribution in [0.15, 0.2) is 18.2 Å². The van der Waals surface area contributed by atoms with Crippen molar-refractivity contribution < 1.29 is 14.6 Å². The van der Waals surface area contributed by atoms with Gasteiger partial charge >= 0.3 is 0 Å². The molecule has 1 saturated carbocycles. The summed E-state index contributed by atoms with van der Waals surface area (Å²) >= 11 is 0. The Balaban J connectivity index is 1.55. The van der Waals surface area contributed by atoms with E-state index in [2.05, 4.69) is 19.2 Å². The van der Waals surface area contributed by atoms with Crippen LogP contribution in [0.5, 0.6) is 11.5 Å². The number of hydrogen-bond acceptors (Lipinski definition) is 4. The normalized spacial score (nSPS) is 29.4. The number of benzene rings is 1. The summed E-state index contributed by atoms with van der Waals surface area (Å²) in [7, 11) is 0. The first kappa shape index (κ1) is 14.7. The summed E-state index contributed by atoms with van der Waals surface area (Å²) in [4.78, 5) is 0. The lowest BCUT2D eigenvalue weighted by molar-refractivity contribution is 0.154. The molecular formula is C17H25NO3. The molecule has 1 aliphatic carbocycles. The lowest BCUT2D eigenvalue weighted by Gasteiger charge is -2.32. The number of ether oxygens (including phenoxy) is 2. The summed E-state index contributed by atoms with van der Waals surface area (Å²) in [5.74, 6) is 3.03. The molecule has 3 atom stereocenters. The number of aliphatic hydroxyl groups excluding tert-OH is 1. The van der Waals surface area contributed by atoms with Crippen molar-refractivity contribution in [3.05, 3.63) is 23.8 Å². The predicted molar refractivity (Wildman–Crippen MR) is 81.5 cm³/mol. The lowest BCUT2D eigenvalue weighted by atomic mass is 9.80. The van der Waals surface area contributed by atoms with Crippen LogP contribution in [0.1, 0.15) is 44.8 Å². The van der Waals surface area contributed by atoms with Gasteiger partial charge in [-0.3, -0.25) is 0 Å². The molecule has 2 N–H and O–H groups in total. The zero-order valence-corrected chi connectivity index (χ0v) is 12.8. The number of nitrogens with one attached hydrogen (secondary N) is 1. The molecule has 1 heterocycles. The molecule has 0 saturated heterocycles. The topological polar surface area (TPSA) is 50.7 Å². The van der Waals surface area contributed by atoms with E-state index in [1.807, 2.05) is 18.2 Å². The van der Waals surface area contributed by atoms with Crippen LogP contribution in [0.2, 0.25) is 0 Å². The van der Waals surface area contributed by atoms with E-state index >= 15 is 0 Å². The van der Waals surface area contributed by atoms with Gasteiger partial charge in [-0.25, -0.2) is 0 Å². The zero-order valence-electron chi connectivity index (χ0n) is 12.8. The molecule has 3 unspecified atom stereocenters. The Morgan fingerprint density at radius 1 is 1.14 bits per heavy atom. The van der Waals surface area contributed by atoms with Crippen molar-refractivity contribution in [1.82, 2.24) is 5.32 Å². The Morgan fingerprint density at radius 2 is 1.86 bits per heavy atom. The fourth-order valence-electron chi connectivity index (χ4n) is 3.63. The minimum Gasteiger partial charge on any atom is -0.454 e. The molecule has 2 aliphatic rings. The van der Waals surface area contributed by atoms with Gasteiger partial charge in [0.1, 0.15) is 0 Å². The number of aliphatic hydroxyl groups is 1. The molecule has 4 heteroatoms. The molecule has 4 nitrogen and oxygen atoms in total. The molecular weight excluding hydrogens is 266 g/mol. The maximum absolute atomic E-state index is 10.4. The zero-order chi connectivity index (χ0) is 14.8. The maximum atomic E-state index is 10.4. The highest BCUT2D eigenvalue weighted by Gasteiger charge is 2.24. The molecule has 0 amide bonds. The molecule has 0 bridgehead atoms. The van der Waals surface area contributed by atoms with Gasteiger partial charge in [0.25, 0.3) is 0 Å². The third-order valence-electron chi connectivity index (χ3n) is 4.56. The summed E-state index contributed by atoms with van der Waals surface area (Å²) in [6, 6.07) is 6.17. The van der Waals surface area contributed by atoms with Gasteiger partial charge in [-0.1, -0.05) is 19.9 Å². The summed E-state index contributed by atoms with van der Waals surface area (Å²) in [5, 5.41) is 13.9. The first-order valence-corrected chi connectivity index (χ1v) is 7.93. The van der Waals surface area contributed by atoms with E-state index < -0.39 is 6.10 Å². The number of hydrogen-bond donors (Lipinski definition) is 2. The number of rotatable bonds is 4. The molecule has 1 aromatic rings. The average Bonchev–Trinajstić information content (AvgIpc) is 2.91. The van der Waals surface area contributed by atoms with Gasteiger partial charge in [-0.05, 0) is 48.8 Å². The third-order valence-corrected chi connectivity index (χ3v) is 4.56.